The summed E-state index contributed by atoms with van der Waals surface area (Å²) >= 11 is 0. The summed E-state index contributed by atoms with van der Waals surface area (Å²) in [4.78, 5) is 12.1. The number of aromatic hydroxyl groups is 1. The zero-order valence-corrected chi connectivity index (χ0v) is 14.0. The second-order valence-electron chi connectivity index (χ2n) is 5.54. The highest BCUT2D eigenvalue weighted by Gasteiger charge is 2.33. The minimum Gasteiger partial charge on any atom is -0.508 e. The number of halogens is 3. The lowest BCUT2D eigenvalue weighted by Crippen LogP contribution is -2.20. The molecule has 2 aromatic rings. The molecule has 0 radical (unpaired) electrons. The molecule has 0 aliphatic heterocycles. The minimum absolute atomic E-state index is 0.147. The van der Waals surface area contributed by atoms with Gasteiger partial charge in [0.15, 0.2) is 0 Å². The molecule has 3 N–H and O–H groups in total. The predicted octanol–water partition coefficient (Wildman–Crippen LogP) is 3.59. The first-order valence-corrected chi connectivity index (χ1v) is 7.90. The van der Waals surface area contributed by atoms with Crippen LogP contribution in [0, 0.1) is 11.3 Å². The average Bonchev–Trinajstić information content (AvgIpc) is 2.62. The molecule has 5 nitrogen and oxygen atoms in total. The Bertz CT molecular complexity index is 869. The number of phenolic OH excluding ortho intramolecular Hbond substituents is 1. The Morgan fingerprint density at radius 2 is 1.81 bits per heavy atom. The van der Waals surface area contributed by atoms with Crippen LogP contribution in [0.5, 0.6) is 5.75 Å². The third kappa shape index (κ3) is 5.78. The smallest absolute Gasteiger partial charge is 0.418 e. The normalized spacial score (nSPS) is 11.6. The van der Waals surface area contributed by atoms with Crippen LogP contribution in [0.25, 0.3) is 0 Å². The van der Waals surface area contributed by atoms with E-state index >= 15 is 0 Å². The number of phenols is 1. The number of nitrogens with one attached hydrogen (secondary N) is 2. The summed E-state index contributed by atoms with van der Waals surface area (Å²) in [6.45, 7) is 0.391. The minimum atomic E-state index is -4.62. The number of alkyl halides is 3. The van der Waals surface area contributed by atoms with Gasteiger partial charge < -0.3 is 15.7 Å². The molecule has 1 amide bonds. The van der Waals surface area contributed by atoms with Gasteiger partial charge in [0.1, 0.15) is 17.4 Å². The molecular weight excluding hydrogens is 359 g/mol. The SMILES string of the molecule is N#C/C(=C/NCCc1ccc(O)cc1)C(=O)Nc1ccccc1C(F)(F)F. The van der Waals surface area contributed by atoms with Crippen LogP contribution in [0.4, 0.5) is 18.9 Å². The van der Waals surface area contributed by atoms with Crippen molar-refractivity contribution in [2.75, 3.05) is 11.9 Å². The molecule has 2 rings (SSSR count). The molecule has 0 spiro atoms. The van der Waals surface area contributed by atoms with Crippen molar-refractivity contribution in [3.63, 3.8) is 0 Å². The molecule has 8 heteroatoms. The van der Waals surface area contributed by atoms with Crippen LogP contribution < -0.4 is 10.6 Å². The Labute approximate surface area is 153 Å². The van der Waals surface area contributed by atoms with Crippen LogP contribution in [-0.4, -0.2) is 17.6 Å². The Balaban J connectivity index is 1.99. The topological polar surface area (TPSA) is 85.2 Å². The summed E-state index contributed by atoms with van der Waals surface area (Å²) in [7, 11) is 0. The van der Waals surface area contributed by atoms with E-state index in [0.29, 0.717) is 13.0 Å². The van der Waals surface area contributed by atoms with Crippen molar-refractivity contribution in [1.82, 2.24) is 5.32 Å². The number of amides is 1. The summed E-state index contributed by atoms with van der Waals surface area (Å²) in [6, 6.07) is 12.7. The van der Waals surface area contributed by atoms with Gasteiger partial charge in [-0.2, -0.15) is 18.4 Å². The average molecular weight is 375 g/mol. The van der Waals surface area contributed by atoms with Crippen LogP contribution in [-0.2, 0) is 17.4 Å². The van der Waals surface area contributed by atoms with Crippen LogP contribution in [0.15, 0.2) is 60.3 Å². The van der Waals surface area contributed by atoms with Crippen LogP contribution in [0.2, 0.25) is 0 Å². The van der Waals surface area contributed by atoms with Gasteiger partial charge >= 0.3 is 6.18 Å². The second kappa shape index (κ2) is 8.76. The number of rotatable bonds is 6. The van der Waals surface area contributed by atoms with Crippen molar-refractivity contribution in [3.05, 3.63) is 71.4 Å². The van der Waals surface area contributed by atoms with Crippen molar-refractivity contribution in [1.29, 1.82) is 5.26 Å². The number of anilines is 1. The first-order valence-electron chi connectivity index (χ1n) is 7.90. The van der Waals surface area contributed by atoms with E-state index in [-0.39, 0.29) is 11.3 Å². The number of hydrogen-bond donors (Lipinski definition) is 3. The lowest BCUT2D eigenvalue weighted by atomic mass is 10.1. The number of benzene rings is 2. The molecule has 0 aliphatic carbocycles. The number of carbonyl (C=O) groups is 1. The van der Waals surface area contributed by atoms with Crippen molar-refractivity contribution < 1.29 is 23.1 Å². The fourth-order valence-electron chi connectivity index (χ4n) is 2.23. The highest BCUT2D eigenvalue weighted by atomic mass is 19.4. The predicted molar refractivity (Wildman–Crippen MR) is 93.6 cm³/mol. The molecule has 0 unspecified atom stereocenters. The van der Waals surface area contributed by atoms with Crippen molar-refractivity contribution in [2.24, 2.45) is 0 Å². The third-order valence-corrected chi connectivity index (χ3v) is 3.59. The second-order valence-corrected chi connectivity index (χ2v) is 5.54. The highest BCUT2D eigenvalue weighted by molar-refractivity contribution is 6.06. The Morgan fingerprint density at radius 3 is 2.44 bits per heavy atom. The molecule has 0 heterocycles. The summed E-state index contributed by atoms with van der Waals surface area (Å²) in [5.74, 6) is -0.791. The van der Waals surface area contributed by atoms with E-state index in [4.69, 9.17) is 5.26 Å². The van der Waals surface area contributed by atoms with E-state index in [9.17, 15) is 23.1 Å². The molecule has 0 fully saturated rings. The quantitative estimate of drug-likeness (QED) is 0.409. The van der Waals surface area contributed by atoms with Gasteiger partial charge in [-0.15, -0.1) is 0 Å². The Kier molecular flexibility index (Phi) is 6.44. The molecule has 0 aliphatic rings. The largest absolute Gasteiger partial charge is 0.508 e. The van der Waals surface area contributed by atoms with Gasteiger partial charge in [0.2, 0.25) is 0 Å². The van der Waals surface area contributed by atoms with E-state index in [0.717, 1.165) is 23.9 Å². The number of nitrogens with zero attached hydrogens (tertiary/aromatic N) is 1. The lowest BCUT2D eigenvalue weighted by molar-refractivity contribution is -0.137. The van der Waals surface area contributed by atoms with E-state index in [1.807, 2.05) is 0 Å². The lowest BCUT2D eigenvalue weighted by Gasteiger charge is -2.13. The summed E-state index contributed by atoms with van der Waals surface area (Å²) in [5.41, 5.74) is -0.829. The van der Waals surface area contributed by atoms with Crippen molar-refractivity contribution in [2.45, 2.75) is 12.6 Å². The first kappa shape index (κ1) is 19.8. The zero-order valence-electron chi connectivity index (χ0n) is 14.0. The maximum Gasteiger partial charge on any atom is 0.418 e. The van der Waals surface area contributed by atoms with Gasteiger partial charge in [0, 0.05) is 12.7 Å². The van der Waals surface area contributed by atoms with Crippen molar-refractivity contribution in [3.8, 4) is 11.8 Å². The van der Waals surface area contributed by atoms with Crippen LogP contribution in [0.1, 0.15) is 11.1 Å². The third-order valence-electron chi connectivity index (χ3n) is 3.59. The zero-order chi connectivity index (χ0) is 19.9. The molecule has 0 atom stereocenters. The van der Waals surface area contributed by atoms with E-state index in [1.165, 1.54) is 24.3 Å². The maximum atomic E-state index is 13.0. The van der Waals surface area contributed by atoms with Gasteiger partial charge in [-0.3, -0.25) is 4.79 Å². The van der Waals surface area contributed by atoms with E-state index < -0.39 is 23.3 Å². The van der Waals surface area contributed by atoms with Gasteiger partial charge in [-0.05, 0) is 36.2 Å². The summed E-state index contributed by atoms with van der Waals surface area (Å²) in [6.07, 6.45) is -2.90. The number of nitriles is 1. The van der Waals surface area contributed by atoms with Gasteiger partial charge in [0.25, 0.3) is 5.91 Å². The van der Waals surface area contributed by atoms with Crippen molar-refractivity contribution >= 4 is 11.6 Å². The molecular formula is C19H16F3N3O2. The molecule has 0 saturated heterocycles. The number of para-hydroxylation sites is 1. The van der Waals surface area contributed by atoms with E-state index in [1.54, 1.807) is 18.2 Å². The standard InChI is InChI=1S/C19H16F3N3O2/c20-19(21,22)16-3-1-2-4-17(16)25-18(27)14(11-23)12-24-10-9-13-5-7-15(26)8-6-13/h1-8,12,24,26H,9-10H2,(H,25,27)/b14-12-. The molecule has 0 saturated carbocycles. The monoisotopic (exact) mass is 375 g/mol. The fraction of sp³-hybridized carbons (Fsp3) is 0.158. The molecule has 2 aromatic carbocycles. The molecule has 0 aromatic heterocycles. The number of hydrogen-bond acceptors (Lipinski definition) is 4. The van der Waals surface area contributed by atoms with Crippen LogP contribution in [0.3, 0.4) is 0 Å². The molecule has 0 bridgehead atoms. The molecule has 27 heavy (non-hydrogen) atoms. The summed E-state index contributed by atoms with van der Waals surface area (Å²) < 4.78 is 38.9. The maximum absolute atomic E-state index is 13.0. The Morgan fingerprint density at radius 1 is 1.15 bits per heavy atom. The molecule has 140 valence electrons. The highest BCUT2D eigenvalue weighted by Crippen LogP contribution is 2.34. The fourth-order valence-corrected chi connectivity index (χ4v) is 2.23. The van der Waals surface area contributed by atoms with E-state index in [2.05, 4.69) is 10.6 Å². The summed E-state index contributed by atoms with van der Waals surface area (Å²) in [5, 5.41) is 23.2. The van der Waals surface area contributed by atoms with Gasteiger partial charge in [0.05, 0.1) is 11.3 Å². The first-order chi connectivity index (χ1) is 12.8. The number of carbonyl (C=O) groups excluding carboxylic acids is 1. The Hall–Kier alpha value is -3.47. The van der Waals surface area contributed by atoms with Crippen LogP contribution >= 0.6 is 0 Å². The van der Waals surface area contributed by atoms with Gasteiger partial charge in [-0.25, -0.2) is 0 Å². The van der Waals surface area contributed by atoms with Gasteiger partial charge in [-0.1, -0.05) is 24.3 Å².